The van der Waals surface area contributed by atoms with Crippen LogP contribution in [0.4, 0.5) is 0 Å². The monoisotopic (exact) mass is 474 g/mol. The average molecular weight is 476 g/mol. The predicted molar refractivity (Wildman–Crippen MR) is 97.9 cm³/mol. The molecule has 1 saturated heterocycles. The van der Waals surface area contributed by atoms with Gasteiger partial charge in [-0.25, -0.2) is 13.0 Å². The maximum absolute atomic E-state index is 13.0. The Morgan fingerprint density at radius 1 is 1.07 bits per heavy atom. The first-order valence-electron chi connectivity index (χ1n) is 7.83. The second-order valence-electron chi connectivity index (χ2n) is 5.81. The minimum Gasteiger partial charge on any atom is -0.444 e. The molecule has 1 aliphatic rings. The first kappa shape index (κ1) is 18.4. The minimum absolute atomic E-state index is 0.0297. The van der Waals surface area contributed by atoms with Gasteiger partial charge in [-0.1, -0.05) is 11.6 Å². The third kappa shape index (κ3) is 3.24. The smallest absolute Gasteiger partial charge is 0.289 e. The fraction of sp³-hybridized carbons (Fsp3) is 0.267. The number of carbonyl (C=O) groups excluding carboxylic acids is 1. The van der Waals surface area contributed by atoms with Gasteiger partial charge in [0.25, 0.3) is 5.91 Å². The van der Waals surface area contributed by atoms with Gasteiger partial charge < -0.3 is 9.32 Å². The summed E-state index contributed by atoms with van der Waals surface area (Å²) in [5, 5.41) is 7.56. The number of furan rings is 1. The fourth-order valence-corrected chi connectivity index (χ4v) is 4.91. The standard InChI is InChI=1S/C15H12BrClN4O5S/c16-12-4-2-10(25-12)15(22)20-5-7-21(8-6-20)27(23,24)11-3-1-9(17)13-14(11)19-26-18-13/h1-4H,5-8H2. The lowest BCUT2D eigenvalue weighted by molar-refractivity contribution is 0.0664. The van der Waals surface area contributed by atoms with Crippen molar-refractivity contribution in [2.45, 2.75) is 4.90 Å². The van der Waals surface area contributed by atoms with Gasteiger partial charge in [-0.15, -0.1) is 0 Å². The number of amides is 1. The average Bonchev–Trinajstić information content (AvgIpc) is 3.31. The van der Waals surface area contributed by atoms with Crippen molar-refractivity contribution in [3.63, 3.8) is 0 Å². The van der Waals surface area contributed by atoms with Crippen molar-refractivity contribution >= 4 is 54.5 Å². The summed E-state index contributed by atoms with van der Waals surface area (Å²) in [6.45, 7) is 0.769. The zero-order chi connectivity index (χ0) is 19.2. The first-order valence-corrected chi connectivity index (χ1v) is 10.4. The molecule has 0 N–H and O–H groups in total. The van der Waals surface area contributed by atoms with Crippen molar-refractivity contribution in [1.29, 1.82) is 0 Å². The van der Waals surface area contributed by atoms with Gasteiger partial charge >= 0.3 is 0 Å². The number of halogens is 2. The van der Waals surface area contributed by atoms with E-state index in [1.807, 2.05) is 0 Å². The van der Waals surface area contributed by atoms with E-state index in [2.05, 4.69) is 30.9 Å². The molecule has 1 fully saturated rings. The van der Waals surface area contributed by atoms with Crippen molar-refractivity contribution in [1.82, 2.24) is 19.5 Å². The topological polar surface area (TPSA) is 110 Å². The van der Waals surface area contributed by atoms with Crippen molar-refractivity contribution in [3.05, 3.63) is 39.7 Å². The number of benzene rings is 1. The number of fused-ring (bicyclic) bond motifs is 1. The summed E-state index contributed by atoms with van der Waals surface area (Å²) >= 11 is 9.15. The van der Waals surface area contributed by atoms with Gasteiger partial charge in [-0.2, -0.15) is 4.31 Å². The van der Waals surface area contributed by atoms with Gasteiger partial charge in [0, 0.05) is 26.2 Å². The molecule has 142 valence electrons. The number of hydrogen-bond acceptors (Lipinski definition) is 7. The van der Waals surface area contributed by atoms with Crippen molar-refractivity contribution in [2.75, 3.05) is 26.2 Å². The number of carbonyl (C=O) groups is 1. The normalized spacial score (nSPS) is 16.1. The summed E-state index contributed by atoms with van der Waals surface area (Å²) in [7, 11) is -3.84. The molecule has 2 aromatic heterocycles. The van der Waals surface area contributed by atoms with Crippen LogP contribution in [0.5, 0.6) is 0 Å². The van der Waals surface area contributed by atoms with Crippen LogP contribution in [0.15, 0.2) is 42.9 Å². The van der Waals surface area contributed by atoms with Crippen LogP contribution in [0.2, 0.25) is 5.02 Å². The number of piperazine rings is 1. The van der Waals surface area contributed by atoms with Gasteiger partial charge in [0.2, 0.25) is 10.0 Å². The van der Waals surface area contributed by atoms with E-state index in [1.54, 1.807) is 17.0 Å². The van der Waals surface area contributed by atoms with E-state index in [4.69, 9.17) is 16.0 Å². The highest BCUT2D eigenvalue weighted by Crippen LogP contribution is 2.29. The van der Waals surface area contributed by atoms with Crippen LogP contribution in [-0.2, 0) is 10.0 Å². The lowest BCUT2D eigenvalue weighted by Crippen LogP contribution is -2.50. The van der Waals surface area contributed by atoms with Crippen LogP contribution < -0.4 is 0 Å². The molecule has 0 spiro atoms. The molecular weight excluding hydrogens is 464 g/mol. The maximum atomic E-state index is 13.0. The number of sulfonamides is 1. The van der Waals surface area contributed by atoms with Gasteiger partial charge in [0.05, 0.1) is 5.02 Å². The van der Waals surface area contributed by atoms with Crippen LogP contribution in [0.25, 0.3) is 11.0 Å². The highest BCUT2D eigenvalue weighted by Gasteiger charge is 2.33. The highest BCUT2D eigenvalue weighted by atomic mass is 79.9. The highest BCUT2D eigenvalue weighted by molar-refractivity contribution is 9.10. The van der Waals surface area contributed by atoms with E-state index in [0.29, 0.717) is 4.67 Å². The lowest BCUT2D eigenvalue weighted by Gasteiger charge is -2.33. The van der Waals surface area contributed by atoms with E-state index >= 15 is 0 Å². The molecule has 9 nitrogen and oxygen atoms in total. The maximum Gasteiger partial charge on any atom is 0.289 e. The third-order valence-corrected chi connectivity index (χ3v) is 6.92. The largest absolute Gasteiger partial charge is 0.444 e. The second kappa shape index (κ2) is 6.89. The van der Waals surface area contributed by atoms with E-state index in [9.17, 15) is 13.2 Å². The van der Waals surface area contributed by atoms with E-state index < -0.39 is 10.0 Å². The predicted octanol–water partition coefficient (Wildman–Crippen LogP) is 2.38. The molecule has 0 aliphatic carbocycles. The molecule has 0 radical (unpaired) electrons. The summed E-state index contributed by atoms with van der Waals surface area (Å²) in [5.41, 5.74) is 0.274. The van der Waals surface area contributed by atoms with Crippen LogP contribution in [0.3, 0.4) is 0 Å². The van der Waals surface area contributed by atoms with Gasteiger partial charge in [0.15, 0.2) is 21.5 Å². The summed E-state index contributed by atoms with van der Waals surface area (Å²) in [6.07, 6.45) is 0. The molecule has 3 heterocycles. The molecule has 4 rings (SSSR count). The Kier molecular flexibility index (Phi) is 4.70. The summed E-state index contributed by atoms with van der Waals surface area (Å²) in [4.78, 5) is 13.9. The molecule has 0 bridgehead atoms. The van der Waals surface area contributed by atoms with E-state index in [0.717, 1.165) is 0 Å². The molecule has 1 aromatic carbocycles. The summed E-state index contributed by atoms with van der Waals surface area (Å²) in [6, 6.07) is 6.01. The SMILES string of the molecule is O=C(c1ccc(Br)o1)N1CCN(S(=O)(=O)c2ccc(Cl)c3nonc23)CC1. The van der Waals surface area contributed by atoms with Gasteiger partial charge in [-0.3, -0.25) is 4.79 Å². The molecule has 27 heavy (non-hydrogen) atoms. The molecule has 1 aliphatic heterocycles. The Hall–Kier alpha value is -1.95. The molecule has 12 heteroatoms. The van der Waals surface area contributed by atoms with Crippen LogP contribution in [0.1, 0.15) is 10.6 Å². The quantitative estimate of drug-likeness (QED) is 0.572. The number of nitrogens with zero attached hydrogens (tertiary/aromatic N) is 4. The zero-order valence-electron chi connectivity index (χ0n) is 13.6. The number of rotatable bonds is 3. The Bertz CT molecular complexity index is 1120. The summed E-state index contributed by atoms with van der Waals surface area (Å²) < 4.78 is 37.7. The van der Waals surface area contributed by atoms with Crippen molar-refractivity contribution in [2.24, 2.45) is 0 Å². The van der Waals surface area contributed by atoms with E-state index in [1.165, 1.54) is 16.4 Å². The Morgan fingerprint density at radius 2 is 1.78 bits per heavy atom. The van der Waals surface area contributed by atoms with E-state index in [-0.39, 0.29) is 58.8 Å². The van der Waals surface area contributed by atoms with Crippen LogP contribution in [-0.4, -0.2) is 60.0 Å². The molecule has 0 saturated carbocycles. The molecule has 0 atom stereocenters. The molecular formula is C15H12BrClN4O5S. The Balaban J connectivity index is 1.54. The zero-order valence-corrected chi connectivity index (χ0v) is 16.8. The molecule has 1 amide bonds. The Morgan fingerprint density at radius 3 is 2.44 bits per heavy atom. The Labute approximate surface area is 167 Å². The van der Waals surface area contributed by atoms with Gasteiger partial charge in [0.1, 0.15) is 4.90 Å². The minimum atomic E-state index is -3.84. The lowest BCUT2D eigenvalue weighted by atomic mass is 10.3. The number of aromatic nitrogens is 2. The van der Waals surface area contributed by atoms with Crippen molar-refractivity contribution in [3.8, 4) is 0 Å². The third-order valence-electron chi connectivity index (χ3n) is 4.26. The van der Waals surface area contributed by atoms with Gasteiger partial charge in [-0.05, 0) is 50.5 Å². The molecule has 3 aromatic rings. The van der Waals surface area contributed by atoms with Crippen LogP contribution >= 0.6 is 27.5 Å². The van der Waals surface area contributed by atoms with Crippen LogP contribution in [0, 0.1) is 0 Å². The molecule has 0 unspecified atom stereocenters. The first-order chi connectivity index (χ1) is 12.9. The number of hydrogen-bond donors (Lipinski definition) is 0. The fourth-order valence-electron chi connectivity index (χ4n) is 2.88. The summed E-state index contributed by atoms with van der Waals surface area (Å²) in [5.74, 6) is -0.0846. The van der Waals surface area contributed by atoms with Crippen molar-refractivity contribution < 1.29 is 22.3 Å². The second-order valence-corrected chi connectivity index (χ2v) is 8.90.